The Morgan fingerprint density at radius 3 is 2.71 bits per heavy atom. The van der Waals surface area contributed by atoms with E-state index in [0.29, 0.717) is 16.9 Å². The number of carbonyl (C=O) groups excluding carboxylic acids is 1. The molecule has 0 aliphatic carbocycles. The van der Waals surface area contributed by atoms with Gasteiger partial charge >= 0.3 is 0 Å². The maximum Gasteiger partial charge on any atom is 0.230 e. The first-order chi connectivity index (χ1) is 11.4. The molecule has 1 aromatic heterocycles. The van der Waals surface area contributed by atoms with Crippen molar-refractivity contribution >= 4 is 35.1 Å². The monoisotopic (exact) mass is 372 g/mol. The highest BCUT2D eigenvalue weighted by Gasteiger charge is 2.17. The second-order valence-electron chi connectivity index (χ2n) is 6.06. The van der Waals surface area contributed by atoms with Gasteiger partial charge in [-0.05, 0) is 21.1 Å². The Bertz CT molecular complexity index is 551. The van der Waals surface area contributed by atoms with Crippen molar-refractivity contribution in [2.24, 2.45) is 0 Å². The lowest BCUT2D eigenvalue weighted by Gasteiger charge is -2.33. The van der Waals surface area contributed by atoms with Crippen molar-refractivity contribution < 1.29 is 4.79 Å². The number of hydrogen-bond donors (Lipinski definition) is 1. The van der Waals surface area contributed by atoms with Crippen LogP contribution in [0.1, 0.15) is 0 Å². The van der Waals surface area contributed by atoms with Gasteiger partial charge in [0.05, 0.1) is 5.75 Å². The maximum absolute atomic E-state index is 11.9. The van der Waals surface area contributed by atoms with Crippen LogP contribution in [0, 0.1) is 0 Å². The molecule has 1 aliphatic rings. The highest BCUT2D eigenvalue weighted by Crippen LogP contribution is 2.22. The number of anilines is 1. The molecule has 1 fully saturated rings. The minimum Gasteiger partial charge on any atom is -0.354 e. The Kier molecular flexibility index (Phi) is 7.54. The van der Waals surface area contributed by atoms with Crippen molar-refractivity contribution in [3.63, 3.8) is 0 Å². The maximum atomic E-state index is 11.9. The van der Waals surface area contributed by atoms with Crippen molar-refractivity contribution in [1.82, 2.24) is 25.1 Å². The van der Waals surface area contributed by atoms with Crippen LogP contribution in [0.3, 0.4) is 0 Å². The van der Waals surface area contributed by atoms with E-state index < -0.39 is 0 Å². The molecule has 0 bridgehead atoms. The van der Waals surface area contributed by atoms with Gasteiger partial charge in [-0.1, -0.05) is 23.4 Å². The fraction of sp³-hybridized carbons (Fsp3) is 0.667. The summed E-state index contributed by atoms with van der Waals surface area (Å²) in [5.41, 5.74) is 0. The van der Waals surface area contributed by atoms with Crippen LogP contribution in [0.5, 0.6) is 0 Å². The summed E-state index contributed by atoms with van der Waals surface area (Å²) in [7, 11) is 6.06. The van der Waals surface area contributed by atoms with E-state index in [1.165, 1.54) is 11.8 Å². The summed E-state index contributed by atoms with van der Waals surface area (Å²) in [4.78, 5) is 27.1. The normalized spacial score (nSPS) is 15.8. The smallest absolute Gasteiger partial charge is 0.230 e. The molecule has 0 atom stereocenters. The fourth-order valence-electron chi connectivity index (χ4n) is 2.25. The molecule has 24 heavy (non-hydrogen) atoms. The third kappa shape index (κ3) is 6.43. The molecule has 1 N–H and O–H groups in total. The van der Waals surface area contributed by atoms with Crippen molar-refractivity contribution in [2.75, 3.05) is 71.1 Å². The number of halogens is 1. The Morgan fingerprint density at radius 1 is 1.33 bits per heavy atom. The average Bonchev–Trinajstić information content (AvgIpc) is 2.53. The van der Waals surface area contributed by atoms with Gasteiger partial charge in [-0.25, -0.2) is 9.97 Å². The van der Waals surface area contributed by atoms with E-state index in [1.54, 1.807) is 6.07 Å². The number of carbonyl (C=O) groups is 1. The first-order valence-corrected chi connectivity index (χ1v) is 9.32. The van der Waals surface area contributed by atoms with Crippen LogP contribution in [0.15, 0.2) is 11.2 Å². The van der Waals surface area contributed by atoms with Gasteiger partial charge in [0.1, 0.15) is 11.0 Å². The van der Waals surface area contributed by atoms with Gasteiger partial charge in [-0.2, -0.15) is 0 Å². The van der Waals surface area contributed by atoms with Gasteiger partial charge in [-0.3, -0.25) is 4.79 Å². The van der Waals surface area contributed by atoms with Crippen LogP contribution in [0.25, 0.3) is 0 Å². The number of hydrogen-bond acceptors (Lipinski definition) is 7. The molecule has 1 aromatic rings. The summed E-state index contributed by atoms with van der Waals surface area (Å²) in [6, 6.07) is 1.79. The Morgan fingerprint density at radius 2 is 2.04 bits per heavy atom. The lowest BCUT2D eigenvalue weighted by Crippen LogP contribution is -2.44. The van der Waals surface area contributed by atoms with Crippen molar-refractivity contribution in [3.05, 3.63) is 11.2 Å². The number of nitrogens with zero attached hydrogens (tertiary/aromatic N) is 5. The number of aromatic nitrogens is 2. The zero-order valence-electron chi connectivity index (χ0n) is 14.5. The molecule has 0 aromatic carbocycles. The molecule has 2 rings (SSSR count). The minimum atomic E-state index is -0.0217. The lowest BCUT2D eigenvalue weighted by molar-refractivity contribution is -0.118. The number of piperazine rings is 1. The molecular weight excluding hydrogens is 348 g/mol. The summed E-state index contributed by atoms with van der Waals surface area (Å²) in [6.45, 7) is 5.28. The van der Waals surface area contributed by atoms with Crippen molar-refractivity contribution in [2.45, 2.75) is 5.16 Å². The van der Waals surface area contributed by atoms with Gasteiger partial charge in [0, 0.05) is 45.3 Å². The molecule has 134 valence electrons. The van der Waals surface area contributed by atoms with Gasteiger partial charge in [0.2, 0.25) is 5.91 Å². The van der Waals surface area contributed by atoms with Crippen molar-refractivity contribution in [1.29, 1.82) is 0 Å². The van der Waals surface area contributed by atoms with Crippen LogP contribution in [0.4, 0.5) is 5.82 Å². The summed E-state index contributed by atoms with van der Waals surface area (Å²) in [5.74, 6) is 1.10. The van der Waals surface area contributed by atoms with Gasteiger partial charge in [0.15, 0.2) is 5.16 Å². The number of likely N-dealkylation sites (N-methyl/N-ethyl adjacent to an activating group) is 2. The summed E-state index contributed by atoms with van der Waals surface area (Å²) < 4.78 is 0. The Hall–Kier alpha value is -1.09. The minimum absolute atomic E-state index is 0.0217. The SMILES string of the molecule is CN(C)CCNC(=O)CSc1nc(Cl)cc(N2CCN(C)CC2)n1. The van der Waals surface area contributed by atoms with E-state index >= 15 is 0 Å². The summed E-state index contributed by atoms with van der Waals surface area (Å²) in [6.07, 6.45) is 0. The molecule has 0 unspecified atom stereocenters. The molecule has 9 heteroatoms. The predicted molar refractivity (Wildman–Crippen MR) is 99.0 cm³/mol. The summed E-state index contributed by atoms with van der Waals surface area (Å²) in [5, 5.41) is 3.83. The molecule has 2 heterocycles. The molecule has 0 spiro atoms. The second-order valence-corrected chi connectivity index (χ2v) is 7.39. The number of thioether (sulfide) groups is 1. The second kappa shape index (κ2) is 9.41. The molecule has 1 saturated heterocycles. The molecule has 0 saturated carbocycles. The lowest BCUT2D eigenvalue weighted by atomic mass is 10.3. The first-order valence-electron chi connectivity index (χ1n) is 7.96. The van der Waals surface area contributed by atoms with Crippen molar-refractivity contribution in [3.8, 4) is 0 Å². The topological polar surface area (TPSA) is 64.6 Å². The summed E-state index contributed by atoms with van der Waals surface area (Å²) >= 11 is 7.43. The average molecular weight is 373 g/mol. The third-order valence-electron chi connectivity index (χ3n) is 3.70. The predicted octanol–water partition coefficient (Wildman–Crippen LogP) is 0.652. The van der Waals surface area contributed by atoms with E-state index in [1.807, 2.05) is 19.0 Å². The first kappa shape index (κ1) is 19.2. The van der Waals surface area contributed by atoms with E-state index in [9.17, 15) is 4.79 Å². The molecular formula is C15H25ClN6OS. The van der Waals surface area contributed by atoms with Crippen LogP contribution in [-0.2, 0) is 4.79 Å². The molecule has 1 aliphatic heterocycles. The van der Waals surface area contributed by atoms with Crippen LogP contribution in [0.2, 0.25) is 5.15 Å². The number of amides is 1. The van der Waals surface area contributed by atoms with E-state index in [0.717, 1.165) is 38.5 Å². The molecule has 1 amide bonds. The largest absolute Gasteiger partial charge is 0.354 e. The van der Waals surface area contributed by atoms with E-state index in [-0.39, 0.29) is 11.7 Å². The molecule has 0 radical (unpaired) electrons. The quantitative estimate of drug-likeness (QED) is 0.428. The van der Waals surface area contributed by atoms with Gasteiger partial charge < -0.3 is 20.0 Å². The highest BCUT2D eigenvalue weighted by atomic mass is 35.5. The zero-order valence-corrected chi connectivity index (χ0v) is 16.0. The van der Waals surface area contributed by atoms with Gasteiger partial charge in [-0.15, -0.1) is 0 Å². The number of rotatable bonds is 7. The standard InChI is InChI=1S/C15H25ClN6OS/c1-20(2)5-4-17-14(23)11-24-15-18-12(16)10-13(19-15)22-8-6-21(3)7-9-22/h10H,4-9,11H2,1-3H3,(H,17,23). The molecule has 7 nitrogen and oxygen atoms in total. The van der Waals surface area contributed by atoms with Crippen LogP contribution in [-0.4, -0.2) is 91.8 Å². The van der Waals surface area contributed by atoms with Crippen LogP contribution < -0.4 is 10.2 Å². The van der Waals surface area contributed by atoms with Gasteiger partial charge in [0.25, 0.3) is 0 Å². The number of nitrogens with one attached hydrogen (secondary N) is 1. The van der Waals surface area contributed by atoms with E-state index in [2.05, 4.69) is 32.1 Å². The third-order valence-corrected chi connectivity index (χ3v) is 4.74. The van der Waals surface area contributed by atoms with E-state index in [4.69, 9.17) is 11.6 Å². The van der Waals surface area contributed by atoms with Crippen LogP contribution >= 0.6 is 23.4 Å². The Labute approximate surface area is 152 Å². The highest BCUT2D eigenvalue weighted by molar-refractivity contribution is 7.99. The fourth-order valence-corrected chi connectivity index (χ4v) is 3.16. The zero-order chi connectivity index (χ0) is 17.5. The Balaban J connectivity index is 1.88.